The summed E-state index contributed by atoms with van der Waals surface area (Å²) >= 11 is 1.56. The first-order valence-corrected chi connectivity index (χ1v) is 11.9. The van der Waals surface area contributed by atoms with Gasteiger partial charge in [0.1, 0.15) is 12.4 Å². The van der Waals surface area contributed by atoms with Crippen molar-refractivity contribution in [3.63, 3.8) is 0 Å². The van der Waals surface area contributed by atoms with Gasteiger partial charge in [-0.15, -0.1) is 11.3 Å². The van der Waals surface area contributed by atoms with E-state index in [0.717, 1.165) is 10.7 Å². The number of aryl methyl sites for hydroxylation is 2. The predicted molar refractivity (Wildman–Crippen MR) is 120 cm³/mol. The van der Waals surface area contributed by atoms with Gasteiger partial charge in [0.05, 0.1) is 22.1 Å². The van der Waals surface area contributed by atoms with Crippen LogP contribution in [0.25, 0.3) is 0 Å². The first kappa shape index (κ1) is 21.8. The Bertz CT molecular complexity index is 1160. The number of sulfonamides is 1. The largest absolute Gasteiger partial charge is 0.487 e. The first-order valence-electron chi connectivity index (χ1n) is 9.32. The minimum Gasteiger partial charge on any atom is -0.487 e. The van der Waals surface area contributed by atoms with Gasteiger partial charge in [0.2, 0.25) is 10.0 Å². The van der Waals surface area contributed by atoms with Crippen LogP contribution in [0.4, 0.5) is 11.4 Å². The molecule has 7 nitrogen and oxygen atoms in total. The molecule has 0 radical (unpaired) electrons. The zero-order valence-electron chi connectivity index (χ0n) is 16.9. The number of hydrogen-bond donors (Lipinski definition) is 2. The van der Waals surface area contributed by atoms with E-state index in [1.165, 1.54) is 0 Å². The number of nitrogens with one attached hydrogen (secondary N) is 2. The van der Waals surface area contributed by atoms with Crippen LogP contribution in [0.3, 0.4) is 0 Å². The number of anilines is 2. The molecule has 0 fully saturated rings. The highest BCUT2D eigenvalue weighted by Crippen LogP contribution is 2.22. The highest BCUT2D eigenvalue weighted by atomic mass is 32.2. The predicted octanol–water partition coefficient (Wildman–Crippen LogP) is 4.35. The van der Waals surface area contributed by atoms with Gasteiger partial charge in [-0.3, -0.25) is 9.52 Å². The van der Waals surface area contributed by atoms with Crippen LogP contribution < -0.4 is 14.8 Å². The summed E-state index contributed by atoms with van der Waals surface area (Å²) in [6.07, 6.45) is 0. The molecule has 9 heteroatoms. The van der Waals surface area contributed by atoms with Gasteiger partial charge >= 0.3 is 0 Å². The van der Waals surface area contributed by atoms with E-state index in [1.54, 1.807) is 67.6 Å². The topological polar surface area (TPSA) is 97.4 Å². The van der Waals surface area contributed by atoms with Gasteiger partial charge in [0.25, 0.3) is 5.91 Å². The third-order valence-corrected chi connectivity index (χ3v) is 6.39. The van der Waals surface area contributed by atoms with E-state index in [-0.39, 0.29) is 11.7 Å². The summed E-state index contributed by atoms with van der Waals surface area (Å²) in [5.74, 6) is 0.283. The molecule has 3 aromatic rings. The fourth-order valence-corrected chi connectivity index (χ4v) is 3.96. The molecule has 2 aromatic carbocycles. The van der Waals surface area contributed by atoms with Crippen molar-refractivity contribution in [2.24, 2.45) is 0 Å². The molecule has 158 valence electrons. The van der Waals surface area contributed by atoms with E-state index in [9.17, 15) is 13.2 Å². The zero-order valence-corrected chi connectivity index (χ0v) is 18.6. The molecule has 1 aromatic heterocycles. The van der Waals surface area contributed by atoms with Gasteiger partial charge in [0.15, 0.2) is 0 Å². The van der Waals surface area contributed by atoms with Gasteiger partial charge in [-0.1, -0.05) is 6.07 Å². The minimum atomic E-state index is -3.36. The Morgan fingerprint density at radius 2 is 1.97 bits per heavy atom. The smallest absolute Gasteiger partial charge is 0.255 e. The van der Waals surface area contributed by atoms with Crippen LogP contribution in [-0.2, 0) is 16.6 Å². The Morgan fingerprint density at radius 3 is 2.63 bits per heavy atom. The number of carbonyl (C=O) groups is 1. The fraction of sp³-hybridized carbons (Fsp3) is 0.238. The number of amides is 1. The van der Waals surface area contributed by atoms with Gasteiger partial charge in [-0.25, -0.2) is 13.4 Å². The molecule has 3 rings (SSSR count). The second kappa shape index (κ2) is 9.27. The number of thiazole rings is 1. The first-order chi connectivity index (χ1) is 14.3. The summed E-state index contributed by atoms with van der Waals surface area (Å²) in [7, 11) is -3.36. The van der Waals surface area contributed by atoms with Crippen molar-refractivity contribution in [1.82, 2.24) is 4.98 Å². The average molecular weight is 446 g/mol. The molecule has 0 saturated heterocycles. The van der Waals surface area contributed by atoms with Crippen LogP contribution in [0, 0.1) is 13.8 Å². The second-order valence-corrected chi connectivity index (χ2v) is 9.74. The normalized spacial score (nSPS) is 11.2. The lowest BCUT2D eigenvalue weighted by molar-refractivity contribution is 0.102. The summed E-state index contributed by atoms with van der Waals surface area (Å²) in [5, 5.41) is 5.75. The van der Waals surface area contributed by atoms with E-state index in [2.05, 4.69) is 15.0 Å². The summed E-state index contributed by atoms with van der Waals surface area (Å²) in [6, 6.07) is 11.9. The number of carbonyl (C=O) groups excluding carboxylic acids is 1. The van der Waals surface area contributed by atoms with Crippen molar-refractivity contribution in [2.45, 2.75) is 27.4 Å². The van der Waals surface area contributed by atoms with Crippen molar-refractivity contribution >= 4 is 38.6 Å². The van der Waals surface area contributed by atoms with E-state index in [1.807, 2.05) is 12.3 Å². The lowest BCUT2D eigenvalue weighted by atomic mass is 10.1. The van der Waals surface area contributed by atoms with Crippen LogP contribution in [0.5, 0.6) is 5.75 Å². The summed E-state index contributed by atoms with van der Waals surface area (Å²) in [6.45, 7) is 5.62. The van der Waals surface area contributed by atoms with Crippen LogP contribution in [0.2, 0.25) is 0 Å². The van der Waals surface area contributed by atoms with Crippen LogP contribution in [-0.4, -0.2) is 25.1 Å². The fourth-order valence-electron chi connectivity index (χ4n) is 2.66. The molecule has 0 aliphatic heterocycles. The van der Waals surface area contributed by atoms with Gasteiger partial charge in [-0.2, -0.15) is 0 Å². The number of ether oxygens (including phenoxy) is 1. The van der Waals surface area contributed by atoms with Gasteiger partial charge in [-0.05, 0) is 62.7 Å². The Kier molecular flexibility index (Phi) is 6.73. The number of benzene rings is 2. The van der Waals surface area contributed by atoms with E-state index in [4.69, 9.17) is 4.74 Å². The summed E-state index contributed by atoms with van der Waals surface area (Å²) in [4.78, 5) is 17.0. The van der Waals surface area contributed by atoms with Crippen molar-refractivity contribution in [3.8, 4) is 5.75 Å². The lowest BCUT2D eigenvalue weighted by Gasteiger charge is -2.12. The SMILES string of the molecule is CCS(=O)(=O)Nc1ccc(NC(=O)c2cccc(OCc3csc(C)n3)c2)cc1C. The highest BCUT2D eigenvalue weighted by Gasteiger charge is 2.12. The number of rotatable bonds is 8. The molecule has 0 bridgehead atoms. The van der Waals surface area contributed by atoms with Crippen LogP contribution in [0.15, 0.2) is 47.8 Å². The standard InChI is InChI=1S/C21H23N3O4S2/c1-4-30(26,27)24-20-9-8-17(10-14(20)2)23-21(25)16-6-5-7-19(11-16)28-12-18-13-29-15(3)22-18/h5-11,13,24H,4,12H2,1-3H3,(H,23,25). The Hall–Kier alpha value is -2.91. The average Bonchev–Trinajstić information content (AvgIpc) is 3.14. The van der Waals surface area contributed by atoms with Gasteiger partial charge in [0, 0.05) is 16.6 Å². The highest BCUT2D eigenvalue weighted by molar-refractivity contribution is 7.92. The maximum atomic E-state index is 12.6. The van der Waals surface area contributed by atoms with Crippen molar-refractivity contribution in [2.75, 3.05) is 15.8 Å². The molecule has 1 amide bonds. The van der Waals surface area contributed by atoms with E-state index in [0.29, 0.717) is 34.9 Å². The van der Waals surface area contributed by atoms with Crippen LogP contribution in [0.1, 0.15) is 33.5 Å². The Balaban J connectivity index is 1.66. The summed E-state index contributed by atoms with van der Waals surface area (Å²) < 4.78 is 31.8. The second-order valence-electron chi connectivity index (χ2n) is 6.66. The van der Waals surface area contributed by atoms with Crippen molar-refractivity contribution in [3.05, 3.63) is 69.7 Å². The monoisotopic (exact) mass is 445 g/mol. The molecule has 1 heterocycles. The van der Waals surface area contributed by atoms with Crippen LogP contribution >= 0.6 is 11.3 Å². The van der Waals surface area contributed by atoms with Crippen molar-refractivity contribution in [1.29, 1.82) is 0 Å². The minimum absolute atomic E-state index is 0.00851. The third kappa shape index (κ3) is 5.80. The molecular formula is C21H23N3O4S2. The van der Waals surface area contributed by atoms with E-state index >= 15 is 0 Å². The molecule has 0 spiro atoms. The van der Waals surface area contributed by atoms with E-state index < -0.39 is 10.0 Å². The number of hydrogen-bond acceptors (Lipinski definition) is 6. The maximum Gasteiger partial charge on any atom is 0.255 e. The Morgan fingerprint density at radius 1 is 1.17 bits per heavy atom. The molecule has 0 saturated carbocycles. The maximum absolute atomic E-state index is 12.6. The zero-order chi connectivity index (χ0) is 21.7. The Labute approximate surface area is 180 Å². The third-order valence-electron chi connectivity index (χ3n) is 4.28. The molecule has 0 aliphatic rings. The quantitative estimate of drug-likeness (QED) is 0.537. The number of nitrogens with zero attached hydrogens (tertiary/aromatic N) is 1. The molecule has 2 N–H and O–H groups in total. The molecule has 0 aliphatic carbocycles. The lowest BCUT2D eigenvalue weighted by Crippen LogP contribution is -2.16. The van der Waals surface area contributed by atoms with Gasteiger partial charge < -0.3 is 10.1 Å². The molecule has 0 atom stereocenters. The molecular weight excluding hydrogens is 422 g/mol. The molecule has 30 heavy (non-hydrogen) atoms. The number of aromatic nitrogens is 1. The summed E-state index contributed by atoms with van der Waals surface area (Å²) in [5.41, 5.74) is 3.07. The molecule has 0 unspecified atom stereocenters. The van der Waals surface area contributed by atoms with Crippen molar-refractivity contribution < 1.29 is 17.9 Å².